The van der Waals surface area contributed by atoms with E-state index in [4.69, 9.17) is 9.47 Å². The van der Waals surface area contributed by atoms with Crippen LogP contribution in [0.15, 0.2) is 72.0 Å². The Bertz CT molecular complexity index is 946. The highest BCUT2D eigenvalue weighted by Gasteiger charge is 2.09. The molecule has 7 nitrogen and oxygen atoms in total. The van der Waals surface area contributed by atoms with Gasteiger partial charge in [0.1, 0.15) is 6.10 Å². The first-order valence-corrected chi connectivity index (χ1v) is 9.97. The van der Waals surface area contributed by atoms with E-state index in [0.717, 1.165) is 23.6 Å². The number of aliphatic imine (C=N–C) groups is 1. The smallest absolute Gasteiger partial charge is 0.191 e. The second-order valence-corrected chi connectivity index (χ2v) is 6.92. The summed E-state index contributed by atoms with van der Waals surface area (Å²) in [7, 11) is 3.39. The lowest BCUT2D eigenvalue weighted by Gasteiger charge is -2.18. The highest BCUT2D eigenvalue weighted by atomic mass is 127. The van der Waals surface area contributed by atoms with Crippen LogP contribution in [0.25, 0.3) is 0 Å². The Balaban J connectivity index is 0.00000341. The van der Waals surface area contributed by atoms with Gasteiger partial charge in [0.2, 0.25) is 0 Å². The summed E-state index contributed by atoms with van der Waals surface area (Å²) < 4.78 is 13.2. The van der Waals surface area contributed by atoms with Crippen LogP contribution in [-0.4, -0.2) is 42.5 Å². The molecule has 0 saturated carbocycles. The molecule has 0 aliphatic carbocycles. The number of ether oxygens (including phenoxy) is 2. The normalized spacial score (nSPS) is 11.9. The zero-order chi connectivity index (χ0) is 21.2. The van der Waals surface area contributed by atoms with Gasteiger partial charge in [-0.15, -0.1) is 24.0 Å². The molecule has 166 valence electrons. The lowest BCUT2D eigenvalue weighted by atomic mass is 10.2. The van der Waals surface area contributed by atoms with Crippen molar-refractivity contribution in [3.63, 3.8) is 0 Å². The Hall–Kier alpha value is -2.75. The molecule has 1 aromatic heterocycles. The number of nitrogens with one attached hydrogen (secondary N) is 2. The predicted molar refractivity (Wildman–Crippen MR) is 134 cm³/mol. The molecule has 0 radical (unpaired) electrons. The van der Waals surface area contributed by atoms with Crippen LogP contribution in [0, 0.1) is 0 Å². The molecule has 0 spiro atoms. The SMILES string of the molecule is CN=C(NCc1cnn(Cc2ccccc2)c1)NCC(C)Oc1ccccc1OC.I. The summed E-state index contributed by atoms with van der Waals surface area (Å²) in [5, 5.41) is 11.0. The molecule has 0 bridgehead atoms. The van der Waals surface area contributed by atoms with Crippen LogP contribution in [0.5, 0.6) is 11.5 Å². The maximum atomic E-state index is 5.97. The minimum Gasteiger partial charge on any atom is -0.493 e. The molecule has 0 aliphatic heterocycles. The van der Waals surface area contributed by atoms with E-state index in [9.17, 15) is 0 Å². The topological polar surface area (TPSA) is 72.7 Å². The molecular weight excluding hydrogens is 505 g/mol. The monoisotopic (exact) mass is 535 g/mol. The molecular formula is C23H30IN5O2. The van der Waals surface area contributed by atoms with Gasteiger partial charge in [-0.2, -0.15) is 5.10 Å². The summed E-state index contributed by atoms with van der Waals surface area (Å²) in [5.41, 5.74) is 2.31. The molecule has 1 heterocycles. The molecule has 0 saturated heterocycles. The summed E-state index contributed by atoms with van der Waals surface area (Å²) in [5.74, 6) is 2.16. The zero-order valence-corrected chi connectivity index (χ0v) is 20.4. The van der Waals surface area contributed by atoms with Crippen LogP contribution < -0.4 is 20.1 Å². The summed E-state index contributed by atoms with van der Waals surface area (Å²) >= 11 is 0. The Morgan fingerprint density at radius 1 is 1.03 bits per heavy atom. The number of hydrogen-bond acceptors (Lipinski definition) is 4. The van der Waals surface area contributed by atoms with Gasteiger partial charge in [-0.3, -0.25) is 9.67 Å². The van der Waals surface area contributed by atoms with Gasteiger partial charge < -0.3 is 20.1 Å². The van der Waals surface area contributed by atoms with Gasteiger partial charge in [0, 0.05) is 25.4 Å². The van der Waals surface area contributed by atoms with Gasteiger partial charge in [-0.05, 0) is 24.6 Å². The van der Waals surface area contributed by atoms with Crippen molar-refractivity contribution in [3.8, 4) is 11.5 Å². The molecule has 2 aromatic carbocycles. The summed E-state index contributed by atoms with van der Waals surface area (Å²) in [6.45, 7) is 3.99. The largest absolute Gasteiger partial charge is 0.493 e. The van der Waals surface area contributed by atoms with E-state index in [1.54, 1.807) is 14.2 Å². The van der Waals surface area contributed by atoms with Gasteiger partial charge in [-0.25, -0.2) is 0 Å². The van der Waals surface area contributed by atoms with E-state index < -0.39 is 0 Å². The second-order valence-electron chi connectivity index (χ2n) is 6.92. The number of hydrogen-bond donors (Lipinski definition) is 2. The number of aromatic nitrogens is 2. The molecule has 8 heteroatoms. The first-order valence-electron chi connectivity index (χ1n) is 9.97. The van der Waals surface area contributed by atoms with Crippen LogP contribution in [0.2, 0.25) is 0 Å². The average Bonchev–Trinajstić information content (AvgIpc) is 3.22. The van der Waals surface area contributed by atoms with Crippen molar-refractivity contribution in [2.45, 2.75) is 26.1 Å². The first-order chi connectivity index (χ1) is 14.7. The van der Waals surface area contributed by atoms with E-state index in [-0.39, 0.29) is 30.1 Å². The number of rotatable bonds is 9. The lowest BCUT2D eigenvalue weighted by molar-refractivity contribution is 0.213. The van der Waals surface area contributed by atoms with Crippen molar-refractivity contribution in [2.24, 2.45) is 4.99 Å². The third kappa shape index (κ3) is 7.78. The molecule has 2 N–H and O–H groups in total. The van der Waals surface area contributed by atoms with Gasteiger partial charge in [0.25, 0.3) is 0 Å². The van der Waals surface area contributed by atoms with E-state index in [0.29, 0.717) is 19.0 Å². The van der Waals surface area contributed by atoms with Gasteiger partial charge in [-0.1, -0.05) is 42.5 Å². The maximum Gasteiger partial charge on any atom is 0.191 e. The third-order valence-corrected chi connectivity index (χ3v) is 4.51. The van der Waals surface area contributed by atoms with Crippen LogP contribution >= 0.6 is 24.0 Å². The molecule has 1 atom stereocenters. The molecule has 0 fully saturated rings. The zero-order valence-electron chi connectivity index (χ0n) is 18.1. The lowest BCUT2D eigenvalue weighted by Crippen LogP contribution is -2.41. The molecule has 0 aliphatic rings. The fourth-order valence-electron chi connectivity index (χ4n) is 2.98. The number of benzene rings is 2. The van der Waals surface area contributed by atoms with Crippen molar-refractivity contribution in [2.75, 3.05) is 20.7 Å². The van der Waals surface area contributed by atoms with Gasteiger partial charge in [0.05, 0.1) is 26.4 Å². The van der Waals surface area contributed by atoms with E-state index >= 15 is 0 Å². The molecule has 1 unspecified atom stereocenters. The van der Waals surface area contributed by atoms with Gasteiger partial charge in [0.15, 0.2) is 17.5 Å². The minimum atomic E-state index is -0.0616. The fraction of sp³-hybridized carbons (Fsp3) is 0.304. The number of para-hydroxylation sites is 2. The summed E-state index contributed by atoms with van der Waals surface area (Å²) in [6, 6.07) is 17.9. The highest BCUT2D eigenvalue weighted by Crippen LogP contribution is 2.26. The van der Waals surface area contributed by atoms with Gasteiger partial charge >= 0.3 is 0 Å². The molecule has 3 aromatic rings. The van der Waals surface area contributed by atoms with E-state index in [1.807, 2.05) is 66.5 Å². The maximum absolute atomic E-state index is 5.97. The summed E-state index contributed by atoms with van der Waals surface area (Å²) in [6.07, 6.45) is 3.85. The van der Waals surface area contributed by atoms with E-state index in [2.05, 4.69) is 32.9 Å². The first kappa shape index (κ1) is 24.5. The van der Waals surface area contributed by atoms with Crippen LogP contribution in [0.1, 0.15) is 18.1 Å². The standard InChI is InChI=1S/C23H29N5O2.HI/c1-18(30-22-12-8-7-11-21(22)29-3)13-25-23(24-2)26-14-20-15-27-28(17-20)16-19-9-5-4-6-10-19;/h4-12,15,17-18H,13-14,16H2,1-3H3,(H2,24,25,26);1H. The van der Waals surface area contributed by atoms with E-state index in [1.165, 1.54) is 5.56 Å². The predicted octanol–water partition coefficient (Wildman–Crippen LogP) is 3.69. The average molecular weight is 535 g/mol. The van der Waals surface area contributed by atoms with Crippen LogP contribution in [0.4, 0.5) is 0 Å². The number of methoxy groups -OCH3 is 1. The quantitative estimate of drug-likeness (QED) is 0.249. The molecule has 31 heavy (non-hydrogen) atoms. The second kappa shape index (κ2) is 12.8. The number of nitrogens with zero attached hydrogens (tertiary/aromatic N) is 3. The van der Waals surface area contributed by atoms with Crippen molar-refractivity contribution >= 4 is 29.9 Å². The fourth-order valence-corrected chi connectivity index (χ4v) is 2.98. The van der Waals surface area contributed by atoms with Crippen LogP contribution in [0.3, 0.4) is 0 Å². The Morgan fingerprint density at radius 3 is 2.45 bits per heavy atom. The number of guanidine groups is 1. The van der Waals surface area contributed by atoms with Crippen molar-refractivity contribution < 1.29 is 9.47 Å². The van der Waals surface area contributed by atoms with Crippen molar-refractivity contribution in [1.29, 1.82) is 0 Å². The highest BCUT2D eigenvalue weighted by molar-refractivity contribution is 14.0. The third-order valence-electron chi connectivity index (χ3n) is 4.51. The molecule has 0 amide bonds. The Labute approximate surface area is 200 Å². The molecule has 3 rings (SSSR count). The number of halogens is 1. The Morgan fingerprint density at radius 2 is 1.74 bits per heavy atom. The summed E-state index contributed by atoms with van der Waals surface area (Å²) in [4.78, 5) is 4.28. The van der Waals surface area contributed by atoms with Crippen molar-refractivity contribution in [3.05, 3.63) is 78.1 Å². The van der Waals surface area contributed by atoms with Crippen LogP contribution in [-0.2, 0) is 13.1 Å². The van der Waals surface area contributed by atoms with Crippen molar-refractivity contribution in [1.82, 2.24) is 20.4 Å². The minimum absolute atomic E-state index is 0. The Kier molecular flexibility index (Phi) is 10.2.